The monoisotopic (exact) mass is 538 g/mol. The van der Waals surface area contributed by atoms with Crippen molar-refractivity contribution in [3.05, 3.63) is 64.2 Å². The fraction of sp³-hybridized carbons (Fsp3) is 0.458. The van der Waals surface area contributed by atoms with Crippen LogP contribution in [0.4, 0.5) is 36.8 Å². The molecule has 36 heavy (non-hydrogen) atoms. The summed E-state index contributed by atoms with van der Waals surface area (Å²) >= 11 is 6.09. The van der Waals surface area contributed by atoms with Crippen molar-refractivity contribution in [2.24, 2.45) is 0 Å². The lowest BCUT2D eigenvalue weighted by Crippen LogP contribution is -2.33. The van der Waals surface area contributed by atoms with E-state index in [4.69, 9.17) is 11.6 Å². The van der Waals surface area contributed by atoms with Crippen LogP contribution in [0, 0.1) is 0 Å². The molecule has 2 aromatic rings. The van der Waals surface area contributed by atoms with Crippen LogP contribution in [0.25, 0.3) is 0 Å². The molecule has 0 bridgehead atoms. The number of benzene rings is 2. The maximum absolute atomic E-state index is 13.1. The van der Waals surface area contributed by atoms with E-state index >= 15 is 0 Å². The van der Waals surface area contributed by atoms with Crippen LogP contribution in [0.2, 0.25) is 5.02 Å². The minimum absolute atomic E-state index is 0.00377. The lowest BCUT2D eigenvalue weighted by Gasteiger charge is -2.20. The zero-order chi connectivity index (χ0) is 26.9. The first-order valence-corrected chi connectivity index (χ1v) is 11.6. The quantitative estimate of drug-likeness (QED) is 0.235. The van der Waals surface area contributed by atoms with Gasteiger partial charge in [0.1, 0.15) is 0 Å². The molecule has 0 fully saturated rings. The molecule has 2 amide bonds. The van der Waals surface area contributed by atoms with E-state index in [-0.39, 0.29) is 18.5 Å². The van der Waals surface area contributed by atoms with Crippen molar-refractivity contribution in [2.75, 3.05) is 45.6 Å². The molecular formula is C24H29ClF6N4O. The van der Waals surface area contributed by atoms with Crippen molar-refractivity contribution in [3.8, 4) is 0 Å². The van der Waals surface area contributed by atoms with Crippen LogP contribution in [0.3, 0.4) is 0 Å². The first-order chi connectivity index (χ1) is 16.8. The molecule has 5 nitrogen and oxygen atoms in total. The Morgan fingerprint density at radius 3 is 2.17 bits per heavy atom. The van der Waals surface area contributed by atoms with Crippen molar-refractivity contribution in [2.45, 2.75) is 31.1 Å². The highest BCUT2D eigenvalue weighted by Gasteiger charge is 2.37. The molecule has 0 saturated heterocycles. The maximum atomic E-state index is 13.1. The van der Waals surface area contributed by atoms with Gasteiger partial charge in [-0.1, -0.05) is 23.7 Å². The van der Waals surface area contributed by atoms with Gasteiger partial charge in [-0.15, -0.1) is 0 Å². The molecule has 0 heterocycles. The molecule has 0 aliphatic heterocycles. The van der Waals surface area contributed by atoms with Gasteiger partial charge in [0.2, 0.25) is 0 Å². The van der Waals surface area contributed by atoms with Gasteiger partial charge in [0.25, 0.3) is 0 Å². The summed E-state index contributed by atoms with van der Waals surface area (Å²) in [7, 11) is 3.96. The number of amides is 2. The van der Waals surface area contributed by atoms with E-state index in [2.05, 4.69) is 20.9 Å². The number of halogens is 7. The Hall–Kier alpha value is -2.50. The fourth-order valence-electron chi connectivity index (χ4n) is 3.49. The Labute approximate surface area is 211 Å². The molecule has 1 atom stereocenters. The molecule has 0 radical (unpaired) electrons. The molecule has 200 valence electrons. The summed E-state index contributed by atoms with van der Waals surface area (Å²) in [6.45, 7) is 2.45. The summed E-state index contributed by atoms with van der Waals surface area (Å²) in [6.07, 6.45) is -8.45. The highest BCUT2D eigenvalue weighted by atomic mass is 35.5. The third-order valence-electron chi connectivity index (χ3n) is 5.30. The van der Waals surface area contributed by atoms with Gasteiger partial charge in [-0.05, 0) is 82.5 Å². The van der Waals surface area contributed by atoms with Crippen molar-refractivity contribution in [1.82, 2.24) is 15.5 Å². The Bertz CT molecular complexity index is 965. The molecule has 0 aromatic heterocycles. The third kappa shape index (κ3) is 10.2. The fourth-order valence-corrected chi connectivity index (χ4v) is 3.69. The molecule has 3 N–H and O–H groups in total. The van der Waals surface area contributed by atoms with Crippen molar-refractivity contribution in [1.29, 1.82) is 0 Å². The predicted molar refractivity (Wildman–Crippen MR) is 128 cm³/mol. The van der Waals surface area contributed by atoms with E-state index in [0.717, 1.165) is 25.1 Å². The summed E-state index contributed by atoms with van der Waals surface area (Å²) < 4.78 is 78.4. The smallest absolute Gasteiger partial charge is 0.337 e. The molecule has 2 aromatic carbocycles. The number of nitrogens with zero attached hydrogens (tertiary/aromatic N) is 1. The van der Waals surface area contributed by atoms with Crippen LogP contribution >= 0.6 is 11.6 Å². The summed E-state index contributed by atoms with van der Waals surface area (Å²) in [5.74, 6) is -0.192. The summed E-state index contributed by atoms with van der Waals surface area (Å²) in [5, 5.41) is 8.45. The Balaban J connectivity index is 2.05. The number of urea groups is 1. The van der Waals surface area contributed by atoms with Crippen LogP contribution in [0.5, 0.6) is 0 Å². The zero-order valence-corrected chi connectivity index (χ0v) is 20.6. The van der Waals surface area contributed by atoms with Gasteiger partial charge in [0, 0.05) is 23.2 Å². The van der Waals surface area contributed by atoms with Crippen molar-refractivity contribution in [3.63, 3.8) is 0 Å². The standard InChI is InChI=1S/C24H29ClF6N4O/c1-35(2)10-4-8-32-9-7-17(16-5-3-6-20(25)11-16)15-33-22(36)34-21-13-18(23(26,27)28)12-19(14-21)24(29,30)31/h3,5-6,11-14,17,32H,4,7-10,15H2,1-2H3,(H2,33,34,36). The van der Waals surface area contributed by atoms with E-state index in [1.165, 1.54) is 0 Å². The third-order valence-corrected chi connectivity index (χ3v) is 5.54. The van der Waals surface area contributed by atoms with Crippen molar-refractivity contribution >= 4 is 23.3 Å². The van der Waals surface area contributed by atoms with Gasteiger partial charge in [-0.3, -0.25) is 0 Å². The molecule has 12 heteroatoms. The molecule has 0 aliphatic carbocycles. The van der Waals surface area contributed by atoms with E-state index in [0.29, 0.717) is 30.1 Å². The number of carbonyl (C=O) groups excluding carboxylic acids is 1. The number of nitrogens with one attached hydrogen (secondary N) is 3. The van der Waals surface area contributed by atoms with Gasteiger partial charge < -0.3 is 20.9 Å². The minimum atomic E-state index is -5.01. The first-order valence-electron chi connectivity index (χ1n) is 11.2. The van der Waals surface area contributed by atoms with Gasteiger partial charge in [-0.25, -0.2) is 4.79 Å². The summed E-state index contributed by atoms with van der Waals surface area (Å²) in [5.41, 5.74) is -2.79. The molecular weight excluding hydrogens is 510 g/mol. The van der Waals surface area contributed by atoms with Crippen LogP contribution in [-0.2, 0) is 12.4 Å². The van der Waals surface area contributed by atoms with E-state index < -0.39 is 35.2 Å². The molecule has 0 saturated carbocycles. The van der Waals surface area contributed by atoms with E-state index in [1.807, 2.05) is 20.2 Å². The predicted octanol–water partition coefficient (Wildman–Crippen LogP) is 6.21. The summed E-state index contributed by atoms with van der Waals surface area (Å²) in [6, 6.07) is 7.05. The molecule has 2 rings (SSSR count). The average Bonchev–Trinajstić information content (AvgIpc) is 2.76. The first kappa shape index (κ1) is 29.7. The normalized spacial score (nSPS) is 13.1. The Kier molecular flexibility index (Phi) is 10.9. The second kappa shape index (κ2) is 13.2. The number of alkyl halides is 6. The highest BCUT2D eigenvalue weighted by Crippen LogP contribution is 2.37. The van der Waals surface area contributed by atoms with Crippen LogP contribution in [0.1, 0.15) is 35.4 Å². The lowest BCUT2D eigenvalue weighted by molar-refractivity contribution is -0.143. The minimum Gasteiger partial charge on any atom is -0.337 e. The summed E-state index contributed by atoms with van der Waals surface area (Å²) in [4.78, 5) is 14.5. The molecule has 0 aliphatic rings. The van der Waals surface area contributed by atoms with E-state index in [1.54, 1.807) is 18.2 Å². The SMILES string of the molecule is CN(C)CCCNCCC(CNC(=O)Nc1cc(C(F)(F)F)cc(C(F)(F)F)c1)c1cccc(Cl)c1. The van der Waals surface area contributed by atoms with Gasteiger partial charge >= 0.3 is 18.4 Å². The average molecular weight is 539 g/mol. The Morgan fingerprint density at radius 2 is 1.61 bits per heavy atom. The molecule has 1 unspecified atom stereocenters. The topological polar surface area (TPSA) is 56.4 Å². The van der Waals surface area contributed by atoms with Gasteiger partial charge in [0.15, 0.2) is 0 Å². The highest BCUT2D eigenvalue weighted by molar-refractivity contribution is 6.30. The van der Waals surface area contributed by atoms with Gasteiger partial charge in [-0.2, -0.15) is 26.3 Å². The van der Waals surface area contributed by atoms with Crippen LogP contribution in [-0.4, -0.2) is 51.2 Å². The lowest BCUT2D eigenvalue weighted by atomic mass is 9.95. The second-order valence-electron chi connectivity index (χ2n) is 8.58. The number of anilines is 1. The number of carbonyl (C=O) groups is 1. The van der Waals surface area contributed by atoms with Crippen molar-refractivity contribution < 1.29 is 31.1 Å². The largest absolute Gasteiger partial charge is 0.416 e. The number of hydrogen-bond acceptors (Lipinski definition) is 3. The number of rotatable bonds is 11. The van der Waals surface area contributed by atoms with Gasteiger partial charge in [0.05, 0.1) is 11.1 Å². The van der Waals surface area contributed by atoms with Crippen LogP contribution < -0.4 is 16.0 Å². The van der Waals surface area contributed by atoms with E-state index in [9.17, 15) is 31.1 Å². The zero-order valence-electron chi connectivity index (χ0n) is 19.9. The number of hydrogen-bond donors (Lipinski definition) is 3. The molecule has 0 spiro atoms. The Morgan fingerprint density at radius 1 is 0.972 bits per heavy atom. The van der Waals surface area contributed by atoms with Crippen LogP contribution in [0.15, 0.2) is 42.5 Å². The maximum Gasteiger partial charge on any atom is 0.416 e. The second-order valence-corrected chi connectivity index (χ2v) is 9.01.